The van der Waals surface area contributed by atoms with Crippen molar-refractivity contribution in [1.82, 2.24) is 15.1 Å². The van der Waals surface area contributed by atoms with Crippen molar-refractivity contribution in [2.24, 2.45) is 0 Å². The van der Waals surface area contributed by atoms with Crippen molar-refractivity contribution < 1.29 is 14.3 Å². The van der Waals surface area contributed by atoms with Gasteiger partial charge in [-0.25, -0.2) is 9.18 Å². The van der Waals surface area contributed by atoms with Crippen LogP contribution in [0.25, 0.3) is 11.3 Å². The van der Waals surface area contributed by atoms with Gasteiger partial charge < -0.3 is 10.0 Å². The number of carboxylic acid groups (broad SMARTS) is 1. The van der Waals surface area contributed by atoms with E-state index in [1.165, 1.54) is 17.0 Å². The van der Waals surface area contributed by atoms with E-state index in [-0.39, 0.29) is 11.7 Å². The Labute approximate surface area is 121 Å². The second-order valence-electron chi connectivity index (χ2n) is 5.28. The van der Waals surface area contributed by atoms with Crippen LogP contribution in [0.1, 0.15) is 24.5 Å². The van der Waals surface area contributed by atoms with E-state index in [0.29, 0.717) is 13.1 Å². The molecule has 21 heavy (non-hydrogen) atoms. The lowest BCUT2D eigenvalue weighted by molar-refractivity contribution is 0.130. The molecule has 1 aromatic heterocycles. The van der Waals surface area contributed by atoms with Gasteiger partial charge in [-0.2, -0.15) is 5.10 Å². The first-order valence-electron chi connectivity index (χ1n) is 6.92. The third-order valence-electron chi connectivity index (χ3n) is 3.87. The number of carbonyl (C=O) groups is 1. The summed E-state index contributed by atoms with van der Waals surface area (Å²) in [6.45, 7) is 1.07. The van der Waals surface area contributed by atoms with Gasteiger partial charge in [-0.1, -0.05) is 0 Å². The summed E-state index contributed by atoms with van der Waals surface area (Å²) >= 11 is 0. The van der Waals surface area contributed by atoms with Crippen LogP contribution in [0.2, 0.25) is 0 Å². The zero-order chi connectivity index (χ0) is 14.8. The monoisotopic (exact) mass is 289 g/mol. The van der Waals surface area contributed by atoms with Crippen molar-refractivity contribution in [2.45, 2.75) is 18.8 Å². The third-order valence-corrected chi connectivity index (χ3v) is 3.87. The minimum atomic E-state index is -0.877. The Balaban J connectivity index is 1.78. The predicted octanol–water partition coefficient (Wildman–Crippen LogP) is 3.07. The number of aromatic nitrogens is 2. The topological polar surface area (TPSA) is 69.2 Å². The van der Waals surface area contributed by atoms with Gasteiger partial charge >= 0.3 is 6.09 Å². The van der Waals surface area contributed by atoms with Crippen LogP contribution in [0.4, 0.5) is 9.18 Å². The van der Waals surface area contributed by atoms with Crippen LogP contribution in [-0.2, 0) is 0 Å². The molecule has 1 aliphatic heterocycles. The highest BCUT2D eigenvalue weighted by Gasteiger charge is 2.25. The van der Waals surface area contributed by atoms with Gasteiger partial charge in [0.1, 0.15) is 5.82 Å². The molecule has 1 fully saturated rings. The third kappa shape index (κ3) is 2.89. The molecular weight excluding hydrogens is 273 g/mol. The lowest BCUT2D eigenvalue weighted by Gasteiger charge is -2.29. The molecule has 0 spiro atoms. The largest absolute Gasteiger partial charge is 0.465 e. The van der Waals surface area contributed by atoms with E-state index in [1.54, 1.807) is 12.1 Å². The number of hydrogen-bond acceptors (Lipinski definition) is 2. The standard InChI is InChI=1S/C15H16FN3O2/c16-12-5-3-10(4-6-12)13-8-14(18-17-13)11-2-1-7-19(9-11)15(20)21/h3-6,8,11H,1-2,7,9H2,(H,17,18)(H,20,21). The maximum atomic E-state index is 12.9. The second-order valence-corrected chi connectivity index (χ2v) is 5.28. The van der Waals surface area contributed by atoms with Crippen molar-refractivity contribution in [3.05, 3.63) is 41.8 Å². The van der Waals surface area contributed by atoms with E-state index in [9.17, 15) is 9.18 Å². The van der Waals surface area contributed by atoms with Gasteiger partial charge in [-0.05, 0) is 43.2 Å². The fraction of sp³-hybridized carbons (Fsp3) is 0.333. The van der Waals surface area contributed by atoms with Gasteiger partial charge in [0.25, 0.3) is 0 Å². The lowest BCUT2D eigenvalue weighted by Crippen LogP contribution is -2.38. The Kier molecular flexibility index (Phi) is 3.60. The van der Waals surface area contributed by atoms with E-state index in [4.69, 9.17) is 5.11 Å². The van der Waals surface area contributed by atoms with Gasteiger partial charge in [0.2, 0.25) is 0 Å². The summed E-state index contributed by atoms with van der Waals surface area (Å²) in [5.41, 5.74) is 2.52. The molecular formula is C15H16FN3O2. The highest BCUT2D eigenvalue weighted by molar-refractivity contribution is 5.65. The molecule has 1 aromatic carbocycles. The zero-order valence-corrected chi connectivity index (χ0v) is 11.4. The molecule has 0 aliphatic carbocycles. The van der Waals surface area contributed by atoms with E-state index >= 15 is 0 Å². The molecule has 1 amide bonds. The Morgan fingerprint density at radius 1 is 1.38 bits per heavy atom. The highest BCUT2D eigenvalue weighted by Crippen LogP contribution is 2.28. The average Bonchev–Trinajstić information content (AvgIpc) is 2.98. The molecule has 1 atom stereocenters. The maximum Gasteiger partial charge on any atom is 0.407 e. The molecule has 110 valence electrons. The maximum absolute atomic E-state index is 12.9. The molecule has 2 aromatic rings. The quantitative estimate of drug-likeness (QED) is 0.892. The van der Waals surface area contributed by atoms with E-state index < -0.39 is 6.09 Å². The fourth-order valence-corrected chi connectivity index (χ4v) is 2.72. The number of amides is 1. The Hall–Kier alpha value is -2.37. The molecule has 2 N–H and O–H groups in total. The van der Waals surface area contributed by atoms with Gasteiger partial charge in [0.05, 0.1) is 5.69 Å². The van der Waals surface area contributed by atoms with Gasteiger partial charge in [0, 0.05) is 30.3 Å². The van der Waals surface area contributed by atoms with Crippen LogP contribution >= 0.6 is 0 Å². The summed E-state index contributed by atoms with van der Waals surface area (Å²) in [5.74, 6) is -0.143. The smallest absolute Gasteiger partial charge is 0.407 e. The van der Waals surface area contributed by atoms with Crippen LogP contribution in [0.5, 0.6) is 0 Å². The lowest BCUT2D eigenvalue weighted by atomic mass is 9.94. The molecule has 1 aliphatic rings. The van der Waals surface area contributed by atoms with Gasteiger partial charge in [-0.3, -0.25) is 5.10 Å². The van der Waals surface area contributed by atoms with Gasteiger partial charge in [0.15, 0.2) is 0 Å². The number of nitrogens with one attached hydrogen (secondary N) is 1. The minimum absolute atomic E-state index is 0.136. The first-order chi connectivity index (χ1) is 10.1. The Morgan fingerprint density at radius 3 is 2.86 bits per heavy atom. The molecule has 0 saturated carbocycles. The number of hydrogen-bond donors (Lipinski definition) is 2. The summed E-state index contributed by atoms with van der Waals surface area (Å²) < 4.78 is 12.9. The van der Waals surface area contributed by atoms with Crippen molar-refractivity contribution in [2.75, 3.05) is 13.1 Å². The summed E-state index contributed by atoms with van der Waals surface area (Å²) in [4.78, 5) is 12.5. The van der Waals surface area contributed by atoms with E-state index in [2.05, 4.69) is 10.2 Å². The summed E-state index contributed by atoms with van der Waals surface area (Å²) in [6, 6.07) is 8.08. The van der Waals surface area contributed by atoms with Crippen molar-refractivity contribution >= 4 is 6.09 Å². The van der Waals surface area contributed by atoms with Crippen LogP contribution in [0.15, 0.2) is 30.3 Å². The molecule has 3 rings (SSSR count). The fourth-order valence-electron chi connectivity index (χ4n) is 2.72. The molecule has 5 nitrogen and oxygen atoms in total. The first-order valence-corrected chi connectivity index (χ1v) is 6.92. The SMILES string of the molecule is O=C(O)N1CCCC(c2cc(-c3ccc(F)cc3)n[nH]2)C1. The zero-order valence-electron chi connectivity index (χ0n) is 11.4. The first kappa shape index (κ1) is 13.6. The highest BCUT2D eigenvalue weighted by atomic mass is 19.1. The van der Waals surface area contributed by atoms with Gasteiger partial charge in [-0.15, -0.1) is 0 Å². The summed E-state index contributed by atoms with van der Waals surface area (Å²) in [5, 5.41) is 16.3. The molecule has 0 bridgehead atoms. The van der Waals surface area contributed by atoms with E-state index in [1.807, 2.05) is 6.07 Å². The van der Waals surface area contributed by atoms with Crippen molar-refractivity contribution in [1.29, 1.82) is 0 Å². The van der Waals surface area contributed by atoms with Crippen LogP contribution < -0.4 is 0 Å². The van der Waals surface area contributed by atoms with Crippen LogP contribution in [0, 0.1) is 5.82 Å². The number of rotatable bonds is 2. The van der Waals surface area contributed by atoms with Crippen LogP contribution in [0.3, 0.4) is 0 Å². The number of aromatic amines is 1. The minimum Gasteiger partial charge on any atom is -0.465 e. The molecule has 6 heteroatoms. The molecule has 1 unspecified atom stereocenters. The summed E-state index contributed by atoms with van der Waals surface area (Å²) in [7, 11) is 0. The number of benzene rings is 1. The Morgan fingerprint density at radius 2 is 2.14 bits per heavy atom. The number of likely N-dealkylation sites (tertiary alicyclic amines) is 1. The number of H-pyrrole nitrogens is 1. The van der Waals surface area contributed by atoms with Crippen LogP contribution in [-0.4, -0.2) is 39.4 Å². The second kappa shape index (κ2) is 5.55. The molecule has 2 heterocycles. The predicted molar refractivity (Wildman–Crippen MR) is 75.6 cm³/mol. The summed E-state index contributed by atoms with van der Waals surface area (Å²) in [6.07, 6.45) is 0.912. The number of halogens is 1. The normalized spacial score (nSPS) is 18.7. The van der Waals surface area contributed by atoms with Crippen molar-refractivity contribution in [3.8, 4) is 11.3 Å². The number of nitrogens with zero attached hydrogens (tertiary/aromatic N) is 2. The number of piperidine rings is 1. The average molecular weight is 289 g/mol. The van der Waals surface area contributed by atoms with E-state index in [0.717, 1.165) is 29.8 Å². The molecule has 1 saturated heterocycles. The molecule has 0 radical (unpaired) electrons. The van der Waals surface area contributed by atoms with Crippen molar-refractivity contribution in [3.63, 3.8) is 0 Å². The Bertz CT molecular complexity index is 639.